The molecule has 0 spiro atoms. The number of benzene rings is 1. The minimum Gasteiger partial charge on any atom is -0.332 e. The first-order valence-electron chi connectivity index (χ1n) is 9.02. The summed E-state index contributed by atoms with van der Waals surface area (Å²) >= 11 is 0. The van der Waals surface area contributed by atoms with Crippen molar-refractivity contribution < 1.29 is 4.79 Å². The van der Waals surface area contributed by atoms with Crippen LogP contribution in [0.3, 0.4) is 0 Å². The van der Waals surface area contributed by atoms with Gasteiger partial charge in [0.25, 0.3) is 0 Å². The van der Waals surface area contributed by atoms with Gasteiger partial charge in [-0.15, -0.1) is 0 Å². The summed E-state index contributed by atoms with van der Waals surface area (Å²) in [6, 6.07) is 9.40. The van der Waals surface area contributed by atoms with Crippen LogP contribution in [0, 0.1) is 5.92 Å². The average Bonchev–Trinajstić information content (AvgIpc) is 2.73. The van der Waals surface area contributed by atoms with Crippen LogP contribution in [0.1, 0.15) is 49.3 Å². The predicted octanol–water partition coefficient (Wildman–Crippen LogP) is 3.48. The first kappa shape index (κ1) is 14.9. The van der Waals surface area contributed by atoms with E-state index in [0.29, 0.717) is 12.0 Å². The van der Waals surface area contributed by atoms with E-state index in [1.165, 1.54) is 43.4 Å². The summed E-state index contributed by atoms with van der Waals surface area (Å²) in [7, 11) is 2.26. The number of amides is 1. The number of likely N-dealkylation sites (tertiary alicyclic amines) is 1. The molecule has 0 saturated carbocycles. The first-order chi connectivity index (χ1) is 11.2. The van der Waals surface area contributed by atoms with Crippen LogP contribution in [0.2, 0.25) is 0 Å². The third-order valence-electron chi connectivity index (χ3n) is 6.03. The van der Waals surface area contributed by atoms with Crippen molar-refractivity contribution in [1.82, 2.24) is 9.80 Å². The lowest BCUT2D eigenvalue weighted by Gasteiger charge is -2.45. The number of hydrogen-bond donors (Lipinski definition) is 0. The summed E-state index contributed by atoms with van der Waals surface area (Å²) in [6.07, 6.45) is 10.0. The van der Waals surface area contributed by atoms with E-state index in [9.17, 15) is 4.79 Å². The molecular formula is C20H26N2O. The second-order valence-electron chi connectivity index (χ2n) is 7.35. The number of fused-ring (bicyclic) bond motifs is 3. The number of hydrogen-bond acceptors (Lipinski definition) is 2. The highest BCUT2D eigenvalue weighted by atomic mass is 16.2. The third kappa shape index (κ3) is 2.72. The fourth-order valence-electron chi connectivity index (χ4n) is 4.80. The molecule has 2 saturated heterocycles. The Morgan fingerprint density at radius 1 is 1.04 bits per heavy atom. The van der Waals surface area contributed by atoms with Gasteiger partial charge in [0.15, 0.2) is 0 Å². The van der Waals surface area contributed by atoms with Crippen molar-refractivity contribution in [1.29, 1.82) is 0 Å². The van der Waals surface area contributed by atoms with Crippen molar-refractivity contribution in [3.63, 3.8) is 0 Å². The second kappa shape index (κ2) is 6.12. The molecule has 3 nitrogen and oxygen atoms in total. The summed E-state index contributed by atoms with van der Waals surface area (Å²) in [5.41, 5.74) is 2.53. The van der Waals surface area contributed by atoms with Gasteiger partial charge in [0.1, 0.15) is 0 Å². The monoisotopic (exact) mass is 310 g/mol. The van der Waals surface area contributed by atoms with Crippen molar-refractivity contribution >= 4 is 12.0 Å². The van der Waals surface area contributed by atoms with Gasteiger partial charge in [-0.25, -0.2) is 0 Å². The summed E-state index contributed by atoms with van der Waals surface area (Å²) in [5, 5.41) is 0. The molecule has 1 aromatic carbocycles. The third-order valence-corrected chi connectivity index (χ3v) is 6.03. The van der Waals surface area contributed by atoms with Gasteiger partial charge in [-0.05, 0) is 62.4 Å². The van der Waals surface area contributed by atoms with Crippen molar-refractivity contribution in [2.24, 2.45) is 5.92 Å². The molecule has 0 unspecified atom stereocenters. The highest BCUT2D eigenvalue weighted by Gasteiger charge is 2.38. The van der Waals surface area contributed by atoms with Crippen molar-refractivity contribution in [3.8, 4) is 0 Å². The van der Waals surface area contributed by atoms with E-state index in [4.69, 9.17) is 0 Å². The molecule has 0 aromatic heterocycles. The van der Waals surface area contributed by atoms with Gasteiger partial charge >= 0.3 is 0 Å². The van der Waals surface area contributed by atoms with E-state index in [-0.39, 0.29) is 11.9 Å². The molecule has 0 aliphatic carbocycles. The van der Waals surface area contributed by atoms with Gasteiger partial charge in [0.2, 0.25) is 5.91 Å². The fourth-order valence-corrected chi connectivity index (χ4v) is 4.80. The van der Waals surface area contributed by atoms with Crippen LogP contribution >= 0.6 is 0 Å². The Labute approximate surface area is 139 Å². The molecule has 0 bridgehead atoms. The summed E-state index contributed by atoms with van der Waals surface area (Å²) in [5.74, 6) is 0.813. The fraction of sp³-hybridized carbons (Fsp3) is 0.550. The highest BCUT2D eigenvalue weighted by Crippen LogP contribution is 2.40. The Morgan fingerprint density at radius 2 is 1.91 bits per heavy atom. The molecule has 1 amide bonds. The van der Waals surface area contributed by atoms with E-state index in [1.807, 2.05) is 6.08 Å². The Bertz CT molecular complexity index is 624. The maximum Gasteiger partial charge on any atom is 0.247 e. The zero-order valence-electron chi connectivity index (χ0n) is 13.9. The molecule has 1 aromatic rings. The van der Waals surface area contributed by atoms with Crippen LogP contribution in [-0.2, 0) is 4.79 Å². The predicted molar refractivity (Wildman–Crippen MR) is 92.9 cm³/mol. The van der Waals surface area contributed by atoms with Crippen LogP contribution < -0.4 is 0 Å². The molecule has 3 heterocycles. The standard InChI is InChI=1S/C20H26N2O/c1-21-13-5-4-8-18(21)16-9-11-19-17-7-3-2-6-15(17)10-12-20(23)22(19)14-16/h2-3,6-7,10,12,16,18-19H,4-5,8-9,11,13-14H2,1H3/t16-,18-,19+/m1/s1. The van der Waals surface area contributed by atoms with Crippen LogP contribution in [-0.4, -0.2) is 41.9 Å². The molecule has 3 aliphatic rings. The van der Waals surface area contributed by atoms with Gasteiger partial charge in [0, 0.05) is 18.7 Å². The lowest BCUT2D eigenvalue weighted by atomic mass is 9.81. The molecule has 122 valence electrons. The van der Waals surface area contributed by atoms with Crippen LogP contribution in [0.15, 0.2) is 30.3 Å². The molecule has 0 N–H and O–H groups in total. The van der Waals surface area contributed by atoms with Crippen LogP contribution in [0.4, 0.5) is 0 Å². The SMILES string of the molecule is CN1CCCC[C@@H]1[C@@H]1CC[C@H]2c3ccccc3C=CC(=O)N2C1. The van der Waals surface area contributed by atoms with Crippen molar-refractivity contribution in [2.45, 2.75) is 44.2 Å². The Morgan fingerprint density at radius 3 is 2.78 bits per heavy atom. The number of rotatable bonds is 1. The number of piperidine rings is 2. The zero-order valence-corrected chi connectivity index (χ0v) is 13.9. The van der Waals surface area contributed by atoms with Gasteiger partial charge in [-0.1, -0.05) is 30.7 Å². The minimum atomic E-state index is 0.189. The van der Waals surface area contributed by atoms with Gasteiger partial charge in [-0.3, -0.25) is 4.79 Å². The number of carbonyl (C=O) groups excluding carboxylic acids is 1. The summed E-state index contributed by atoms with van der Waals surface area (Å²) in [6.45, 7) is 2.12. The van der Waals surface area contributed by atoms with E-state index in [0.717, 1.165) is 13.0 Å². The molecule has 2 fully saturated rings. The quantitative estimate of drug-likeness (QED) is 0.793. The molecule has 0 radical (unpaired) electrons. The first-order valence-corrected chi connectivity index (χ1v) is 9.02. The molecule has 3 heteroatoms. The van der Waals surface area contributed by atoms with Gasteiger partial charge in [-0.2, -0.15) is 0 Å². The van der Waals surface area contributed by atoms with E-state index in [2.05, 4.69) is 41.1 Å². The molecule has 23 heavy (non-hydrogen) atoms. The Kier molecular flexibility index (Phi) is 3.98. The van der Waals surface area contributed by atoms with Crippen LogP contribution in [0.25, 0.3) is 6.08 Å². The van der Waals surface area contributed by atoms with Crippen LogP contribution in [0.5, 0.6) is 0 Å². The molecule has 3 aliphatic heterocycles. The van der Waals surface area contributed by atoms with Crippen molar-refractivity contribution in [2.75, 3.05) is 20.1 Å². The van der Waals surface area contributed by atoms with E-state index < -0.39 is 0 Å². The smallest absolute Gasteiger partial charge is 0.247 e. The topological polar surface area (TPSA) is 23.6 Å². The number of carbonyl (C=O) groups is 1. The lowest BCUT2D eigenvalue weighted by molar-refractivity contribution is -0.131. The Hall–Kier alpha value is -1.61. The van der Waals surface area contributed by atoms with E-state index in [1.54, 1.807) is 6.08 Å². The maximum atomic E-state index is 12.7. The van der Waals surface area contributed by atoms with E-state index >= 15 is 0 Å². The van der Waals surface area contributed by atoms with Gasteiger partial charge in [0.05, 0.1) is 6.04 Å². The molecular weight excluding hydrogens is 284 g/mol. The highest BCUT2D eigenvalue weighted by molar-refractivity contribution is 5.93. The number of nitrogens with zero attached hydrogens (tertiary/aromatic N) is 2. The molecule has 4 rings (SSSR count). The largest absolute Gasteiger partial charge is 0.332 e. The average molecular weight is 310 g/mol. The van der Waals surface area contributed by atoms with Crippen molar-refractivity contribution in [3.05, 3.63) is 41.5 Å². The lowest BCUT2D eigenvalue weighted by Crippen LogP contribution is -2.50. The van der Waals surface area contributed by atoms with Gasteiger partial charge < -0.3 is 9.80 Å². The summed E-state index contributed by atoms with van der Waals surface area (Å²) < 4.78 is 0. The Balaban J connectivity index is 1.59. The second-order valence-corrected chi connectivity index (χ2v) is 7.35. The zero-order chi connectivity index (χ0) is 15.8. The maximum absolute atomic E-state index is 12.7. The molecule has 3 atom stereocenters. The minimum absolute atomic E-state index is 0.189. The summed E-state index contributed by atoms with van der Waals surface area (Å²) in [4.78, 5) is 17.3. The normalized spacial score (nSPS) is 31.4.